The average Bonchev–Trinajstić information content (AvgIpc) is 3.30. The first-order chi connectivity index (χ1) is 32.0. The summed E-state index contributed by atoms with van der Waals surface area (Å²) in [4.78, 5) is 38.1. The minimum Gasteiger partial charge on any atom is -0.462 e. The van der Waals surface area contributed by atoms with Gasteiger partial charge >= 0.3 is 17.9 Å². The molecule has 0 rings (SSSR count). The van der Waals surface area contributed by atoms with Crippen molar-refractivity contribution in [3.05, 3.63) is 60.8 Å². The lowest BCUT2D eigenvalue weighted by Gasteiger charge is -2.18. The standard InChI is InChI=1S/C59H104O6/c1-4-7-10-13-16-19-22-25-27-29-30-31-33-34-37-40-43-46-49-52-58(61)64-55-56(54-63-57(60)51-48-45-42-39-36-24-21-18-15-12-9-6-3)65-59(62)53-50-47-44-41-38-35-32-28-26-23-20-17-14-11-8-5-2/h8-9,11-12,17-18,20-21,26,28,56H,4-7,10,13-16,19,22-25,27,29-55H2,1-3H3/b11-8-,12-9-,20-17-,21-18-,28-26-. The molecule has 0 saturated carbocycles. The second-order valence-electron chi connectivity index (χ2n) is 18.4. The van der Waals surface area contributed by atoms with Gasteiger partial charge in [-0.25, -0.2) is 0 Å². The summed E-state index contributed by atoms with van der Waals surface area (Å²) in [6.07, 6.45) is 66.4. The number of ether oxygens (including phenoxy) is 3. The predicted octanol–water partition coefficient (Wildman–Crippen LogP) is 18.4. The zero-order valence-electron chi connectivity index (χ0n) is 43.0. The second kappa shape index (κ2) is 53.7. The van der Waals surface area contributed by atoms with Gasteiger partial charge in [0.15, 0.2) is 6.10 Å². The molecule has 0 fully saturated rings. The van der Waals surface area contributed by atoms with Crippen LogP contribution in [0.2, 0.25) is 0 Å². The van der Waals surface area contributed by atoms with Gasteiger partial charge in [0, 0.05) is 19.3 Å². The molecule has 0 aromatic heterocycles. The van der Waals surface area contributed by atoms with Gasteiger partial charge in [0.05, 0.1) is 0 Å². The largest absolute Gasteiger partial charge is 0.462 e. The molecule has 1 unspecified atom stereocenters. The maximum absolute atomic E-state index is 12.8. The maximum Gasteiger partial charge on any atom is 0.306 e. The molecule has 0 N–H and O–H groups in total. The van der Waals surface area contributed by atoms with Crippen molar-refractivity contribution < 1.29 is 28.6 Å². The fourth-order valence-corrected chi connectivity index (χ4v) is 7.91. The van der Waals surface area contributed by atoms with Crippen LogP contribution in [0.25, 0.3) is 0 Å². The van der Waals surface area contributed by atoms with E-state index in [-0.39, 0.29) is 31.1 Å². The third kappa shape index (κ3) is 51.9. The molecule has 1 atom stereocenters. The minimum absolute atomic E-state index is 0.0820. The van der Waals surface area contributed by atoms with Gasteiger partial charge in [0.2, 0.25) is 0 Å². The SMILES string of the molecule is CC/C=C\C/C=C\C/C=C\CCCCCCCCC(=O)OC(COC(=O)CCCCCCC/C=C\C/C=C\CC)COC(=O)CCCCCCCCCCCCCCCCCCCCC. The number of hydrogen-bond acceptors (Lipinski definition) is 6. The van der Waals surface area contributed by atoms with Gasteiger partial charge in [0.1, 0.15) is 13.2 Å². The Balaban J connectivity index is 4.34. The number of esters is 3. The third-order valence-electron chi connectivity index (χ3n) is 12.0. The van der Waals surface area contributed by atoms with Crippen molar-refractivity contribution in [1.82, 2.24) is 0 Å². The van der Waals surface area contributed by atoms with Crippen LogP contribution >= 0.6 is 0 Å². The molecular weight excluding hydrogens is 805 g/mol. The number of rotatable bonds is 50. The highest BCUT2D eigenvalue weighted by Crippen LogP contribution is 2.16. The van der Waals surface area contributed by atoms with E-state index in [0.717, 1.165) is 122 Å². The Labute approximate surface area is 402 Å². The Bertz CT molecular complexity index is 1180. The van der Waals surface area contributed by atoms with Gasteiger partial charge in [-0.3, -0.25) is 14.4 Å². The van der Waals surface area contributed by atoms with E-state index in [1.807, 2.05) is 0 Å². The minimum atomic E-state index is -0.785. The first kappa shape index (κ1) is 62.1. The maximum atomic E-state index is 12.8. The van der Waals surface area contributed by atoms with E-state index < -0.39 is 6.10 Å². The lowest BCUT2D eigenvalue weighted by atomic mass is 10.0. The van der Waals surface area contributed by atoms with Crippen molar-refractivity contribution >= 4 is 17.9 Å². The molecule has 0 saturated heterocycles. The van der Waals surface area contributed by atoms with Crippen LogP contribution in [0.5, 0.6) is 0 Å². The zero-order chi connectivity index (χ0) is 47.2. The van der Waals surface area contributed by atoms with E-state index in [1.54, 1.807) is 0 Å². The molecule has 6 nitrogen and oxygen atoms in total. The van der Waals surface area contributed by atoms with Crippen LogP contribution < -0.4 is 0 Å². The van der Waals surface area contributed by atoms with Crippen LogP contribution in [0.3, 0.4) is 0 Å². The highest BCUT2D eigenvalue weighted by atomic mass is 16.6. The third-order valence-corrected chi connectivity index (χ3v) is 12.0. The monoisotopic (exact) mass is 909 g/mol. The number of unbranched alkanes of at least 4 members (excludes halogenated alkanes) is 29. The fraction of sp³-hybridized carbons (Fsp3) is 0.780. The zero-order valence-corrected chi connectivity index (χ0v) is 43.0. The van der Waals surface area contributed by atoms with Crippen molar-refractivity contribution in [3.8, 4) is 0 Å². The van der Waals surface area contributed by atoms with E-state index in [9.17, 15) is 14.4 Å². The summed E-state index contributed by atoms with van der Waals surface area (Å²) in [6, 6.07) is 0. The summed E-state index contributed by atoms with van der Waals surface area (Å²) >= 11 is 0. The fourth-order valence-electron chi connectivity index (χ4n) is 7.91. The Morgan fingerprint density at radius 3 is 0.938 bits per heavy atom. The molecule has 0 spiro atoms. The van der Waals surface area contributed by atoms with Gasteiger partial charge in [-0.15, -0.1) is 0 Å². The second-order valence-corrected chi connectivity index (χ2v) is 18.4. The quantitative estimate of drug-likeness (QED) is 0.0262. The van der Waals surface area contributed by atoms with Crippen molar-refractivity contribution in [1.29, 1.82) is 0 Å². The molecule has 6 heteroatoms. The molecule has 0 heterocycles. The Hall–Kier alpha value is -2.89. The number of carbonyl (C=O) groups excluding carboxylic acids is 3. The van der Waals surface area contributed by atoms with E-state index in [4.69, 9.17) is 14.2 Å². The molecule has 0 aromatic rings. The van der Waals surface area contributed by atoms with Gasteiger partial charge in [-0.2, -0.15) is 0 Å². The highest BCUT2D eigenvalue weighted by molar-refractivity contribution is 5.71. The Morgan fingerprint density at radius 1 is 0.323 bits per heavy atom. The Morgan fingerprint density at radius 2 is 0.600 bits per heavy atom. The van der Waals surface area contributed by atoms with Crippen molar-refractivity contribution in [3.63, 3.8) is 0 Å². The summed E-state index contributed by atoms with van der Waals surface area (Å²) in [7, 11) is 0. The molecule has 0 aliphatic carbocycles. The van der Waals surface area contributed by atoms with Crippen molar-refractivity contribution in [2.24, 2.45) is 0 Å². The van der Waals surface area contributed by atoms with E-state index in [0.29, 0.717) is 19.3 Å². The average molecular weight is 909 g/mol. The van der Waals surface area contributed by atoms with Gasteiger partial charge in [-0.1, -0.05) is 242 Å². The topological polar surface area (TPSA) is 78.9 Å². The molecule has 65 heavy (non-hydrogen) atoms. The van der Waals surface area contributed by atoms with Gasteiger partial charge in [0.25, 0.3) is 0 Å². The summed E-state index contributed by atoms with van der Waals surface area (Å²) in [6.45, 7) is 6.42. The molecule has 0 aromatic carbocycles. The molecule has 0 aliphatic rings. The van der Waals surface area contributed by atoms with Crippen LogP contribution in [0.1, 0.15) is 278 Å². The summed E-state index contributed by atoms with van der Waals surface area (Å²) < 4.78 is 16.8. The lowest BCUT2D eigenvalue weighted by Crippen LogP contribution is -2.30. The van der Waals surface area contributed by atoms with Crippen molar-refractivity contribution in [2.45, 2.75) is 284 Å². The highest BCUT2D eigenvalue weighted by Gasteiger charge is 2.19. The summed E-state index contributed by atoms with van der Waals surface area (Å²) in [5, 5.41) is 0. The van der Waals surface area contributed by atoms with Crippen molar-refractivity contribution in [2.75, 3.05) is 13.2 Å². The molecule has 0 aliphatic heterocycles. The molecular formula is C59H104O6. The first-order valence-corrected chi connectivity index (χ1v) is 27.8. The normalized spacial score (nSPS) is 12.5. The van der Waals surface area contributed by atoms with E-state index in [2.05, 4.69) is 81.5 Å². The van der Waals surface area contributed by atoms with Gasteiger partial charge in [-0.05, 0) is 77.0 Å². The van der Waals surface area contributed by atoms with Crippen LogP contribution in [-0.2, 0) is 28.6 Å². The van der Waals surface area contributed by atoms with Crippen LogP contribution in [0, 0.1) is 0 Å². The molecule has 0 radical (unpaired) electrons. The number of allylic oxidation sites excluding steroid dienone is 10. The van der Waals surface area contributed by atoms with E-state index >= 15 is 0 Å². The molecule has 0 bridgehead atoms. The molecule has 0 amide bonds. The molecule has 376 valence electrons. The van der Waals surface area contributed by atoms with Crippen LogP contribution in [-0.4, -0.2) is 37.2 Å². The predicted molar refractivity (Wildman–Crippen MR) is 279 cm³/mol. The summed E-state index contributed by atoms with van der Waals surface area (Å²) in [5.74, 6) is -0.901. The number of hydrogen-bond donors (Lipinski definition) is 0. The number of carbonyl (C=O) groups is 3. The van der Waals surface area contributed by atoms with Crippen LogP contribution in [0.4, 0.5) is 0 Å². The lowest BCUT2D eigenvalue weighted by molar-refractivity contribution is -0.167. The Kier molecular flexibility index (Phi) is 51.3. The summed E-state index contributed by atoms with van der Waals surface area (Å²) in [5.41, 5.74) is 0. The van der Waals surface area contributed by atoms with Gasteiger partial charge < -0.3 is 14.2 Å². The van der Waals surface area contributed by atoms with Crippen LogP contribution in [0.15, 0.2) is 60.8 Å². The first-order valence-electron chi connectivity index (χ1n) is 27.8. The van der Waals surface area contributed by atoms with E-state index in [1.165, 1.54) is 116 Å². The smallest absolute Gasteiger partial charge is 0.306 e.